The van der Waals surface area contributed by atoms with Crippen molar-refractivity contribution in [1.29, 1.82) is 0 Å². The third-order valence-corrected chi connectivity index (χ3v) is 1.89. The summed E-state index contributed by atoms with van der Waals surface area (Å²) in [5, 5.41) is 19.7. The van der Waals surface area contributed by atoms with Crippen molar-refractivity contribution in [2.45, 2.75) is 6.54 Å². The molecular weight excluding hydrogens is 202 g/mol. The maximum atomic E-state index is 10.6. The van der Waals surface area contributed by atoms with Gasteiger partial charge in [0, 0.05) is 10.5 Å². The number of hydrogen-bond acceptors (Lipinski definition) is 5. The highest BCUT2D eigenvalue weighted by atomic mass is 16.6. The topological polar surface area (TPSA) is 89.7 Å². The second-order valence-electron chi connectivity index (χ2n) is 2.79. The fourth-order valence-corrected chi connectivity index (χ4v) is 1.26. The molecule has 0 radical (unpaired) electrons. The summed E-state index contributed by atoms with van der Waals surface area (Å²) in [5.41, 5.74) is 0.221. The Morgan fingerprint density at radius 3 is 2.73 bits per heavy atom. The molecule has 0 atom stereocenters. The van der Waals surface area contributed by atoms with Gasteiger partial charge in [0.25, 0.3) is 0 Å². The third-order valence-electron chi connectivity index (χ3n) is 1.89. The van der Waals surface area contributed by atoms with Crippen LogP contribution < -0.4 is 4.74 Å². The Bertz CT molecular complexity index is 402. The molecule has 0 aromatic heterocycles. The van der Waals surface area contributed by atoms with E-state index in [1.807, 2.05) is 0 Å². The van der Waals surface area contributed by atoms with E-state index in [-0.39, 0.29) is 22.6 Å². The lowest BCUT2D eigenvalue weighted by atomic mass is 10.1. The Hall–Kier alpha value is -2.11. The monoisotopic (exact) mass is 211 g/mol. The van der Waals surface area contributed by atoms with Crippen molar-refractivity contribution in [3.8, 4) is 11.5 Å². The van der Waals surface area contributed by atoms with Crippen LogP contribution in [0.2, 0.25) is 0 Å². The number of phenols is 1. The SMILES string of the molecule is COc1c(O)ccc(C=O)c1C[N+](=O)[O-]. The van der Waals surface area contributed by atoms with E-state index in [0.717, 1.165) is 0 Å². The predicted octanol–water partition coefficient (Wildman–Crippen LogP) is 0.990. The van der Waals surface area contributed by atoms with Crippen LogP contribution in [0.1, 0.15) is 15.9 Å². The number of benzene rings is 1. The summed E-state index contributed by atoms with van der Waals surface area (Å²) in [5.74, 6) is -0.253. The molecule has 0 bridgehead atoms. The summed E-state index contributed by atoms with van der Waals surface area (Å²) in [6.45, 7) is -0.564. The van der Waals surface area contributed by atoms with Crippen LogP contribution in [0.3, 0.4) is 0 Å². The first-order valence-corrected chi connectivity index (χ1v) is 4.06. The van der Waals surface area contributed by atoms with Crippen LogP contribution in [0.4, 0.5) is 0 Å². The molecule has 0 spiro atoms. The summed E-state index contributed by atoms with van der Waals surface area (Å²) in [7, 11) is 1.27. The number of ether oxygens (including phenoxy) is 1. The van der Waals surface area contributed by atoms with Gasteiger partial charge in [-0.25, -0.2) is 0 Å². The van der Waals surface area contributed by atoms with Gasteiger partial charge in [-0.05, 0) is 12.1 Å². The highest BCUT2D eigenvalue weighted by molar-refractivity contribution is 5.79. The second kappa shape index (κ2) is 4.41. The summed E-state index contributed by atoms with van der Waals surface area (Å²) in [6, 6.07) is 2.57. The summed E-state index contributed by atoms with van der Waals surface area (Å²) < 4.78 is 4.81. The molecule has 6 nitrogen and oxygen atoms in total. The first-order valence-electron chi connectivity index (χ1n) is 4.06. The first-order chi connectivity index (χ1) is 7.10. The zero-order valence-corrected chi connectivity index (χ0v) is 7.97. The van der Waals surface area contributed by atoms with Crippen molar-refractivity contribution in [3.63, 3.8) is 0 Å². The molecular formula is C9H9NO5. The molecule has 1 N–H and O–H groups in total. The van der Waals surface area contributed by atoms with Gasteiger partial charge >= 0.3 is 0 Å². The Kier molecular flexibility index (Phi) is 3.22. The number of aldehydes is 1. The molecule has 1 aromatic carbocycles. The lowest BCUT2D eigenvalue weighted by molar-refractivity contribution is -0.497. The highest BCUT2D eigenvalue weighted by Crippen LogP contribution is 2.32. The van der Waals surface area contributed by atoms with Crippen LogP contribution in [0, 0.1) is 10.1 Å². The number of methoxy groups -OCH3 is 1. The molecule has 0 amide bonds. The van der Waals surface area contributed by atoms with Gasteiger partial charge in [0.15, 0.2) is 17.8 Å². The number of phenolic OH excluding ortho intramolecular Hbond substituents is 1. The molecule has 80 valence electrons. The fraction of sp³-hybridized carbons (Fsp3) is 0.222. The number of rotatable bonds is 4. The van der Waals surface area contributed by atoms with Crippen LogP contribution in [-0.2, 0) is 6.54 Å². The quantitative estimate of drug-likeness (QED) is 0.455. The van der Waals surface area contributed by atoms with E-state index in [2.05, 4.69) is 0 Å². The van der Waals surface area contributed by atoms with Crippen molar-refractivity contribution in [2.75, 3.05) is 7.11 Å². The van der Waals surface area contributed by atoms with E-state index in [1.54, 1.807) is 0 Å². The number of carbonyl (C=O) groups excluding carboxylic acids is 1. The van der Waals surface area contributed by atoms with Gasteiger partial charge in [-0.15, -0.1) is 0 Å². The number of hydrogen-bond donors (Lipinski definition) is 1. The van der Waals surface area contributed by atoms with E-state index < -0.39 is 11.5 Å². The van der Waals surface area contributed by atoms with Gasteiger partial charge in [-0.3, -0.25) is 14.9 Å². The van der Waals surface area contributed by atoms with E-state index >= 15 is 0 Å². The Balaban J connectivity index is 3.33. The van der Waals surface area contributed by atoms with Crippen LogP contribution in [0.5, 0.6) is 11.5 Å². The van der Waals surface area contributed by atoms with E-state index in [9.17, 15) is 20.0 Å². The number of aromatic hydroxyl groups is 1. The lowest BCUT2D eigenvalue weighted by Gasteiger charge is -2.08. The summed E-state index contributed by atoms with van der Waals surface area (Å²) in [6.07, 6.45) is 0.487. The number of nitrogens with zero attached hydrogens (tertiary/aromatic N) is 1. The largest absolute Gasteiger partial charge is 0.504 e. The van der Waals surface area contributed by atoms with E-state index in [1.165, 1.54) is 19.2 Å². The first kappa shape index (κ1) is 11.0. The normalized spacial score (nSPS) is 9.67. The maximum Gasteiger partial charge on any atom is 0.233 e. The van der Waals surface area contributed by atoms with Crippen LogP contribution >= 0.6 is 0 Å². The third kappa shape index (κ3) is 2.22. The molecule has 0 saturated heterocycles. The molecule has 0 aliphatic carbocycles. The van der Waals surface area contributed by atoms with Crippen molar-refractivity contribution >= 4 is 6.29 Å². The minimum atomic E-state index is -0.593. The maximum absolute atomic E-state index is 10.6. The average molecular weight is 211 g/mol. The summed E-state index contributed by atoms with van der Waals surface area (Å²) >= 11 is 0. The van der Waals surface area contributed by atoms with Gasteiger partial charge in [0.2, 0.25) is 6.54 Å². The van der Waals surface area contributed by atoms with Gasteiger partial charge in [-0.1, -0.05) is 0 Å². The van der Waals surface area contributed by atoms with Crippen molar-refractivity contribution in [2.24, 2.45) is 0 Å². The van der Waals surface area contributed by atoms with Crippen LogP contribution in [0.15, 0.2) is 12.1 Å². The molecule has 0 saturated carbocycles. The molecule has 0 aliphatic heterocycles. The molecule has 6 heteroatoms. The van der Waals surface area contributed by atoms with E-state index in [0.29, 0.717) is 6.29 Å². The number of nitro groups is 1. The Morgan fingerprint density at radius 1 is 1.60 bits per heavy atom. The van der Waals surface area contributed by atoms with E-state index in [4.69, 9.17) is 4.74 Å². The molecule has 0 fully saturated rings. The Labute approximate surface area is 85.2 Å². The Morgan fingerprint density at radius 2 is 2.27 bits per heavy atom. The molecule has 15 heavy (non-hydrogen) atoms. The van der Waals surface area contributed by atoms with Gasteiger partial charge in [0.05, 0.1) is 12.7 Å². The lowest BCUT2D eigenvalue weighted by Crippen LogP contribution is -2.04. The minimum Gasteiger partial charge on any atom is -0.504 e. The molecule has 0 aliphatic rings. The molecule has 0 unspecified atom stereocenters. The zero-order chi connectivity index (χ0) is 11.4. The standard InChI is InChI=1S/C9H9NO5/c1-15-9-7(4-10(13)14)6(5-11)2-3-8(9)12/h2-3,5,12H,4H2,1H3. The van der Waals surface area contributed by atoms with Crippen molar-refractivity contribution < 1.29 is 19.6 Å². The molecule has 1 aromatic rings. The number of carbonyl (C=O) groups is 1. The smallest absolute Gasteiger partial charge is 0.233 e. The second-order valence-corrected chi connectivity index (χ2v) is 2.79. The van der Waals surface area contributed by atoms with Crippen molar-refractivity contribution in [1.82, 2.24) is 0 Å². The minimum absolute atomic E-state index is 0.0312. The average Bonchev–Trinajstić information content (AvgIpc) is 2.18. The van der Waals surface area contributed by atoms with Gasteiger partial charge in [-0.2, -0.15) is 0 Å². The zero-order valence-electron chi connectivity index (χ0n) is 7.97. The highest BCUT2D eigenvalue weighted by Gasteiger charge is 2.17. The van der Waals surface area contributed by atoms with Crippen LogP contribution in [-0.4, -0.2) is 23.4 Å². The van der Waals surface area contributed by atoms with Crippen LogP contribution in [0.25, 0.3) is 0 Å². The molecule has 1 rings (SSSR count). The predicted molar refractivity (Wildman–Crippen MR) is 50.7 cm³/mol. The fourth-order valence-electron chi connectivity index (χ4n) is 1.26. The van der Waals surface area contributed by atoms with Gasteiger partial charge < -0.3 is 9.84 Å². The van der Waals surface area contributed by atoms with Crippen molar-refractivity contribution in [3.05, 3.63) is 33.4 Å². The molecule has 0 heterocycles. The summed E-state index contributed by atoms with van der Waals surface area (Å²) in [4.78, 5) is 20.4. The van der Waals surface area contributed by atoms with Gasteiger partial charge in [0.1, 0.15) is 0 Å².